The molecule has 1 N–H and O–H groups in total. The number of para-hydroxylation sites is 2. The topological polar surface area (TPSA) is 64.1 Å². The SMILES string of the molecule is CC(C)(C)Oc1nc2ccccc2nc1C(=O)Nc1cccs1. The van der Waals surface area contributed by atoms with Crippen LogP contribution in [0.1, 0.15) is 31.3 Å². The number of benzene rings is 1. The van der Waals surface area contributed by atoms with E-state index in [0.29, 0.717) is 11.0 Å². The first-order chi connectivity index (χ1) is 10.9. The summed E-state index contributed by atoms with van der Waals surface area (Å²) in [6.07, 6.45) is 0. The van der Waals surface area contributed by atoms with Gasteiger partial charge in [0.15, 0.2) is 5.69 Å². The van der Waals surface area contributed by atoms with Gasteiger partial charge in [-0.3, -0.25) is 4.79 Å². The first-order valence-electron chi connectivity index (χ1n) is 7.23. The van der Waals surface area contributed by atoms with Gasteiger partial charge in [-0.25, -0.2) is 9.97 Å². The van der Waals surface area contributed by atoms with Gasteiger partial charge in [0, 0.05) is 0 Å². The zero-order chi connectivity index (χ0) is 16.4. The summed E-state index contributed by atoms with van der Waals surface area (Å²) in [6.45, 7) is 5.72. The highest BCUT2D eigenvalue weighted by Gasteiger charge is 2.22. The van der Waals surface area contributed by atoms with Gasteiger partial charge in [-0.1, -0.05) is 12.1 Å². The predicted molar refractivity (Wildman–Crippen MR) is 92.2 cm³/mol. The van der Waals surface area contributed by atoms with Gasteiger partial charge in [-0.05, 0) is 50.4 Å². The average molecular weight is 327 g/mol. The Bertz CT molecular complexity index is 839. The van der Waals surface area contributed by atoms with E-state index in [1.165, 1.54) is 11.3 Å². The summed E-state index contributed by atoms with van der Waals surface area (Å²) in [5.74, 6) is -0.0878. The zero-order valence-corrected chi connectivity index (χ0v) is 14.0. The van der Waals surface area contributed by atoms with Crippen molar-refractivity contribution < 1.29 is 9.53 Å². The number of aromatic nitrogens is 2. The van der Waals surface area contributed by atoms with Crippen molar-refractivity contribution in [2.75, 3.05) is 5.32 Å². The second-order valence-electron chi connectivity index (χ2n) is 6.01. The van der Waals surface area contributed by atoms with Crippen molar-refractivity contribution in [3.8, 4) is 5.88 Å². The molecule has 3 aromatic rings. The second kappa shape index (κ2) is 5.96. The lowest BCUT2D eigenvalue weighted by atomic mass is 10.2. The smallest absolute Gasteiger partial charge is 0.280 e. The van der Waals surface area contributed by atoms with Crippen molar-refractivity contribution in [2.45, 2.75) is 26.4 Å². The molecule has 0 bridgehead atoms. The zero-order valence-electron chi connectivity index (χ0n) is 13.2. The van der Waals surface area contributed by atoms with Gasteiger partial charge >= 0.3 is 0 Å². The maximum absolute atomic E-state index is 12.6. The van der Waals surface area contributed by atoms with Crippen molar-refractivity contribution in [1.29, 1.82) is 0 Å². The highest BCUT2D eigenvalue weighted by atomic mass is 32.1. The van der Waals surface area contributed by atoms with Gasteiger partial charge in [-0.15, -0.1) is 11.3 Å². The van der Waals surface area contributed by atoms with Crippen LogP contribution in [0.25, 0.3) is 11.0 Å². The van der Waals surface area contributed by atoms with Crippen LogP contribution in [-0.2, 0) is 0 Å². The Morgan fingerprint density at radius 3 is 2.39 bits per heavy atom. The van der Waals surface area contributed by atoms with Crippen LogP contribution in [0, 0.1) is 0 Å². The van der Waals surface area contributed by atoms with E-state index in [1.54, 1.807) is 0 Å². The van der Waals surface area contributed by atoms with Crippen LogP contribution in [0.15, 0.2) is 41.8 Å². The molecule has 118 valence electrons. The van der Waals surface area contributed by atoms with Gasteiger partial charge in [0.2, 0.25) is 5.88 Å². The number of hydrogen-bond acceptors (Lipinski definition) is 5. The molecule has 1 amide bonds. The van der Waals surface area contributed by atoms with E-state index in [4.69, 9.17) is 4.74 Å². The van der Waals surface area contributed by atoms with E-state index < -0.39 is 5.60 Å². The summed E-state index contributed by atoms with van der Waals surface area (Å²) >= 11 is 1.45. The Kier molecular flexibility index (Phi) is 4.00. The monoisotopic (exact) mass is 327 g/mol. The van der Waals surface area contributed by atoms with Gasteiger partial charge in [0.1, 0.15) is 5.60 Å². The average Bonchev–Trinajstić information content (AvgIpc) is 2.97. The molecule has 0 saturated carbocycles. The Hall–Kier alpha value is -2.47. The fraction of sp³-hybridized carbons (Fsp3) is 0.235. The van der Waals surface area contributed by atoms with Crippen LogP contribution in [0.5, 0.6) is 5.88 Å². The molecular weight excluding hydrogens is 310 g/mol. The minimum Gasteiger partial charge on any atom is -0.470 e. The Balaban J connectivity index is 2.04. The quantitative estimate of drug-likeness (QED) is 0.786. The summed E-state index contributed by atoms with van der Waals surface area (Å²) in [7, 11) is 0. The molecule has 2 heterocycles. The molecule has 0 aliphatic heterocycles. The molecule has 0 atom stereocenters. The number of fused-ring (bicyclic) bond motifs is 1. The van der Waals surface area contributed by atoms with Crippen LogP contribution >= 0.6 is 11.3 Å². The lowest BCUT2D eigenvalue weighted by Crippen LogP contribution is -2.26. The maximum atomic E-state index is 12.6. The molecule has 0 spiro atoms. The molecule has 3 rings (SSSR count). The molecule has 0 radical (unpaired) electrons. The molecule has 0 unspecified atom stereocenters. The molecule has 0 fully saturated rings. The number of carbonyl (C=O) groups excluding carboxylic acids is 1. The molecular formula is C17H17N3O2S. The van der Waals surface area contributed by atoms with E-state index >= 15 is 0 Å². The molecule has 0 aliphatic carbocycles. The number of nitrogens with zero attached hydrogens (tertiary/aromatic N) is 2. The van der Waals surface area contributed by atoms with Crippen molar-refractivity contribution in [3.05, 3.63) is 47.5 Å². The van der Waals surface area contributed by atoms with Crippen molar-refractivity contribution >= 4 is 33.3 Å². The summed E-state index contributed by atoms with van der Waals surface area (Å²) in [5.41, 5.74) is 1.06. The van der Waals surface area contributed by atoms with Crippen molar-refractivity contribution in [1.82, 2.24) is 9.97 Å². The van der Waals surface area contributed by atoms with Crippen LogP contribution in [-0.4, -0.2) is 21.5 Å². The fourth-order valence-corrected chi connectivity index (χ4v) is 2.63. The number of hydrogen-bond donors (Lipinski definition) is 1. The van der Waals surface area contributed by atoms with E-state index in [1.807, 2.05) is 62.5 Å². The second-order valence-corrected chi connectivity index (χ2v) is 6.96. The lowest BCUT2D eigenvalue weighted by molar-refractivity contribution is 0.0984. The van der Waals surface area contributed by atoms with Crippen LogP contribution in [0.2, 0.25) is 0 Å². The lowest BCUT2D eigenvalue weighted by Gasteiger charge is -2.21. The Morgan fingerprint density at radius 1 is 1.09 bits per heavy atom. The fourth-order valence-electron chi connectivity index (χ4n) is 2.01. The molecule has 5 nitrogen and oxygen atoms in total. The maximum Gasteiger partial charge on any atom is 0.280 e. The third-order valence-corrected chi connectivity index (χ3v) is 3.70. The van der Waals surface area contributed by atoms with Crippen molar-refractivity contribution in [2.24, 2.45) is 0 Å². The normalized spacial score (nSPS) is 11.4. The van der Waals surface area contributed by atoms with Crippen LogP contribution < -0.4 is 10.1 Å². The standard InChI is InChI=1S/C17H17N3O2S/c1-17(2,3)22-16-14(15(21)20-13-9-6-10-23-13)18-11-7-4-5-8-12(11)19-16/h4-10H,1-3H3,(H,20,21). The number of anilines is 1. The summed E-state index contributed by atoms with van der Waals surface area (Å²) in [5, 5.41) is 5.48. The molecule has 23 heavy (non-hydrogen) atoms. The summed E-state index contributed by atoms with van der Waals surface area (Å²) in [6, 6.07) is 11.1. The van der Waals surface area contributed by atoms with E-state index in [2.05, 4.69) is 15.3 Å². The highest BCUT2D eigenvalue weighted by Crippen LogP contribution is 2.24. The highest BCUT2D eigenvalue weighted by molar-refractivity contribution is 7.14. The molecule has 1 aromatic carbocycles. The number of ether oxygens (including phenoxy) is 1. The Morgan fingerprint density at radius 2 is 1.78 bits per heavy atom. The first-order valence-corrected chi connectivity index (χ1v) is 8.11. The molecule has 2 aromatic heterocycles. The molecule has 6 heteroatoms. The van der Waals surface area contributed by atoms with Crippen LogP contribution in [0.4, 0.5) is 5.00 Å². The number of carbonyl (C=O) groups is 1. The minimum absolute atomic E-state index is 0.187. The van der Waals surface area contributed by atoms with Gasteiger partial charge < -0.3 is 10.1 Å². The number of amides is 1. The summed E-state index contributed by atoms with van der Waals surface area (Å²) in [4.78, 5) is 21.5. The van der Waals surface area contributed by atoms with Gasteiger partial charge in [0.25, 0.3) is 5.91 Å². The number of rotatable bonds is 3. The van der Waals surface area contributed by atoms with Crippen LogP contribution in [0.3, 0.4) is 0 Å². The number of nitrogens with one attached hydrogen (secondary N) is 1. The molecule has 0 aliphatic rings. The van der Waals surface area contributed by atoms with E-state index in [9.17, 15) is 4.79 Å². The van der Waals surface area contributed by atoms with Crippen molar-refractivity contribution in [3.63, 3.8) is 0 Å². The van der Waals surface area contributed by atoms with E-state index in [-0.39, 0.29) is 17.5 Å². The summed E-state index contributed by atoms with van der Waals surface area (Å²) < 4.78 is 5.85. The third-order valence-electron chi connectivity index (χ3n) is 2.91. The third kappa shape index (κ3) is 3.65. The predicted octanol–water partition coefficient (Wildman–Crippen LogP) is 4.12. The number of thiophene rings is 1. The molecule has 0 saturated heterocycles. The van der Waals surface area contributed by atoms with Gasteiger partial charge in [0.05, 0.1) is 16.0 Å². The minimum atomic E-state index is -0.477. The first kappa shape index (κ1) is 15.4. The van der Waals surface area contributed by atoms with E-state index in [0.717, 1.165) is 5.00 Å². The Labute approximate surface area is 138 Å². The van der Waals surface area contributed by atoms with Gasteiger partial charge in [-0.2, -0.15) is 0 Å². The largest absolute Gasteiger partial charge is 0.470 e.